The van der Waals surface area contributed by atoms with E-state index in [0.29, 0.717) is 11.1 Å². The second-order valence-electron chi connectivity index (χ2n) is 5.22. The summed E-state index contributed by atoms with van der Waals surface area (Å²) >= 11 is 0. The van der Waals surface area contributed by atoms with Gasteiger partial charge in [-0.25, -0.2) is 0 Å². The van der Waals surface area contributed by atoms with Crippen molar-refractivity contribution in [3.8, 4) is 0 Å². The van der Waals surface area contributed by atoms with Crippen molar-refractivity contribution in [3.05, 3.63) is 47.5 Å². The van der Waals surface area contributed by atoms with E-state index in [-0.39, 0.29) is 0 Å². The topological polar surface area (TPSA) is 39.1 Å². The fraction of sp³-hybridized carbons (Fsp3) is 0.222. The van der Waals surface area contributed by atoms with Crippen LogP contribution in [0, 0.1) is 0 Å². The molecule has 0 fully saturated rings. The van der Waals surface area contributed by atoms with E-state index >= 15 is 0 Å². The molecular formula is C18H17NO2. The number of nitrogens with zero attached hydrogens (tertiary/aromatic N) is 1. The minimum atomic E-state index is 0.457. The molecule has 0 amide bonds. The third-order valence-electron chi connectivity index (χ3n) is 3.99. The number of hydrogen-bond acceptors (Lipinski definition) is 2. The third kappa shape index (κ3) is 2.05. The summed E-state index contributed by atoms with van der Waals surface area (Å²) in [4.78, 5) is 22.7. The molecule has 106 valence electrons. The molecule has 0 spiro atoms. The van der Waals surface area contributed by atoms with E-state index in [1.807, 2.05) is 18.2 Å². The number of unbranched alkanes of at least 4 members (excludes halogenated alkanes) is 1. The number of rotatable bonds is 5. The summed E-state index contributed by atoms with van der Waals surface area (Å²) in [5.74, 6) is 0. The van der Waals surface area contributed by atoms with Crippen LogP contribution in [0.25, 0.3) is 21.8 Å². The highest BCUT2D eigenvalue weighted by Gasteiger charge is 2.15. The summed E-state index contributed by atoms with van der Waals surface area (Å²) < 4.78 is 2.17. The molecule has 0 saturated heterocycles. The predicted octanol–water partition coefficient (Wildman–Crippen LogP) is 4.22. The number of para-hydroxylation sites is 1. The van der Waals surface area contributed by atoms with E-state index in [9.17, 15) is 9.59 Å². The van der Waals surface area contributed by atoms with Crippen molar-refractivity contribution in [3.63, 3.8) is 0 Å². The maximum absolute atomic E-state index is 11.5. The van der Waals surface area contributed by atoms with E-state index in [4.69, 9.17) is 0 Å². The van der Waals surface area contributed by atoms with Crippen LogP contribution in [0.2, 0.25) is 0 Å². The number of fused-ring (bicyclic) bond motifs is 3. The lowest BCUT2D eigenvalue weighted by Crippen LogP contribution is -2.01. The summed E-state index contributed by atoms with van der Waals surface area (Å²) in [6.45, 7) is 3.00. The number of aromatic nitrogens is 1. The third-order valence-corrected chi connectivity index (χ3v) is 3.99. The summed E-state index contributed by atoms with van der Waals surface area (Å²) in [5, 5.41) is 2.17. The molecule has 3 nitrogen and oxygen atoms in total. The Hall–Kier alpha value is -2.42. The monoisotopic (exact) mass is 279 g/mol. The van der Waals surface area contributed by atoms with Gasteiger partial charge in [0.15, 0.2) is 12.6 Å². The number of carbonyl (C=O) groups is 2. The van der Waals surface area contributed by atoms with Crippen molar-refractivity contribution in [2.45, 2.75) is 26.3 Å². The van der Waals surface area contributed by atoms with Crippen LogP contribution in [-0.4, -0.2) is 17.1 Å². The van der Waals surface area contributed by atoms with Crippen molar-refractivity contribution in [1.29, 1.82) is 0 Å². The largest absolute Gasteiger partial charge is 0.340 e. The lowest BCUT2D eigenvalue weighted by atomic mass is 10.0. The van der Waals surface area contributed by atoms with Crippen molar-refractivity contribution in [1.82, 2.24) is 4.57 Å². The molecule has 0 N–H and O–H groups in total. The highest BCUT2D eigenvalue weighted by molar-refractivity contribution is 6.14. The Morgan fingerprint density at radius 3 is 2.52 bits per heavy atom. The molecule has 3 aromatic rings. The van der Waals surface area contributed by atoms with Crippen molar-refractivity contribution in [2.24, 2.45) is 0 Å². The first kappa shape index (κ1) is 13.6. The molecule has 0 radical (unpaired) electrons. The molecule has 0 unspecified atom stereocenters. The summed E-state index contributed by atoms with van der Waals surface area (Å²) in [7, 11) is 0. The number of hydrogen-bond donors (Lipinski definition) is 0. The number of carbonyl (C=O) groups excluding carboxylic acids is 2. The quantitative estimate of drug-likeness (QED) is 0.656. The van der Waals surface area contributed by atoms with Crippen LogP contribution in [0.15, 0.2) is 36.4 Å². The van der Waals surface area contributed by atoms with Gasteiger partial charge in [0, 0.05) is 34.0 Å². The lowest BCUT2D eigenvalue weighted by Gasteiger charge is -2.08. The molecule has 3 heteroatoms. The van der Waals surface area contributed by atoms with Gasteiger partial charge in [0.1, 0.15) is 0 Å². The maximum atomic E-state index is 11.5. The number of aryl methyl sites for hydroxylation is 1. The van der Waals surface area contributed by atoms with Crippen molar-refractivity contribution >= 4 is 34.4 Å². The molecule has 1 heterocycles. The van der Waals surface area contributed by atoms with Gasteiger partial charge in [-0.2, -0.15) is 0 Å². The Balaban J connectivity index is 2.46. The van der Waals surface area contributed by atoms with Gasteiger partial charge in [0.2, 0.25) is 0 Å². The van der Waals surface area contributed by atoms with Crippen LogP contribution >= 0.6 is 0 Å². The van der Waals surface area contributed by atoms with Gasteiger partial charge < -0.3 is 4.57 Å². The molecular weight excluding hydrogens is 262 g/mol. The number of benzene rings is 2. The lowest BCUT2D eigenvalue weighted by molar-refractivity contribution is 0.109. The average molecular weight is 279 g/mol. The van der Waals surface area contributed by atoms with Gasteiger partial charge in [-0.15, -0.1) is 0 Å². The Bertz CT molecular complexity index is 830. The van der Waals surface area contributed by atoms with Crippen LogP contribution in [0.3, 0.4) is 0 Å². The highest BCUT2D eigenvalue weighted by atomic mass is 16.1. The van der Waals surface area contributed by atoms with Crippen LogP contribution in [0.5, 0.6) is 0 Å². The molecule has 0 aliphatic heterocycles. The standard InChI is InChI=1S/C18H17NO2/c1-2-3-10-19-17-7-5-4-6-14(17)15-9-8-13(11-20)16(12-21)18(15)19/h4-9,11-12H,2-3,10H2,1H3. The Kier molecular flexibility index (Phi) is 3.57. The summed E-state index contributed by atoms with van der Waals surface area (Å²) in [5.41, 5.74) is 2.95. The summed E-state index contributed by atoms with van der Waals surface area (Å²) in [6.07, 6.45) is 3.67. The molecule has 0 saturated carbocycles. The van der Waals surface area contributed by atoms with E-state index in [2.05, 4.69) is 23.6 Å². The molecule has 0 bridgehead atoms. The SMILES string of the molecule is CCCCn1c2ccccc2c2ccc(C=O)c(C=O)c21. The Labute approximate surface area is 123 Å². The van der Waals surface area contributed by atoms with Crippen LogP contribution in [-0.2, 0) is 6.54 Å². The average Bonchev–Trinajstić information content (AvgIpc) is 2.86. The Morgan fingerprint density at radius 1 is 1.00 bits per heavy atom. The van der Waals surface area contributed by atoms with Crippen LogP contribution < -0.4 is 0 Å². The molecule has 0 atom stereocenters. The fourth-order valence-electron chi connectivity index (χ4n) is 2.96. The first-order valence-corrected chi connectivity index (χ1v) is 7.26. The smallest absolute Gasteiger partial charge is 0.152 e. The van der Waals surface area contributed by atoms with Crippen LogP contribution in [0.1, 0.15) is 40.5 Å². The molecule has 2 aromatic carbocycles. The first-order valence-electron chi connectivity index (χ1n) is 7.26. The van der Waals surface area contributed by atoms with Gasteiger partial charge in [0.05, 0.1) is 5.52 Å². The van der Waals surface area contributed by atoms with Crippen molar-refractivity contribution in [2.75, 3.05) is 0 Å². The maximum Gasteiger partial charge on any atom is 0.152 e. The zero-order chi connectivity index (χ0) is 14.8. The van der Waals surface area contributed by atoms with Gasteiger partial charge in [-0.1, -0.05) is 43.7 Å². The summed E-state index contributed by atoms with van der Waals surface area (Å²) in [6, 6.07) is 11.8. The zero-order valence-corrected chi connectivity index (χ0v) is 12.0. The van der Waals surface area contributed by atoms with Crippen molar-refractivity contribution < 1.29 is 9.59 Å². The molecule has 0 aliphatic carbocycles. The Morgan fingerprint density at radius 2 is 1.81 bits per heavy atom. The van der Waals surface area contributed by atoms with Gasteiger partial charge in [-0.3, -0.25) is 9.59 Å². The molecule has 1 aromatic heterocycles. The van der Waals surface area contributed by atoms with E-state index in [0.717, 1.165) is 53.8 Å². The normalized spacial score (nSPS) is 11.1. The molecule has 3 rings (SSSR count). The molecule has 0 aliphatic rings. The second kappa shape index (κ2) is 5.52. The van der Waals surface area contributed by atoms with E-state index in [1.54, 1.807) is 6.07 Å². The first-order chi connectivity index (χ1) is 10.3. The minimum Gasteiger partial charge on any atom is -0.340 e. The van der Waals surface area contributed by atoms with E-state index in [1.165, 1.54) is 0 Å². The fourth-order valence-corrected chi connectivity index (χ4v) is 2.96. The molecule has 21 heavy (non-hydrogen) atoms. The second-order valence-corrected chi connectivity index (χ2v) is 5.22. The van der Waals surface area contributed by atoms with Gasteiger partial charge >= 0.3 is 0 Å². The predicted molar refractivity (Wildman–Crippen MR) is 85.1 cm³/mol. The number of aldehydes is 2. The highest BCUT2D eigenvalue weighted by Crippen LogP contribution is 2.32. The zero-order valence-electron chi connectivity index (χ0n) is 12.0. The minimum absolute atomic E-state index is 0.457. The van der Waals surface area contributed by atoms with Gasteiger partial charge in [-0.05, 0) is 12.5 Å². The van der Waals surface area contributed by atoms with E-state index < -0.39 is 0 Å². The van der Waals surface area contributed by atoms with Crippen LogP contribution in [0.4, 0.5) is 0 Å². The van der Waals surface area contributed by atoms with Gasteiger partial charge in [0.25, 0.3) is 0 Å².